The normalized spacial score (nSPS) is 15.4. The van der Waals surface area contributed by atoms with E-state index in [2.05, 4.69) is 16.5 Å². The molecule has 1 fully saturated rings. The van der Waals surface area contributed by atoms with Crippen molar-refractivity contribution in [3.8, 4) is 11.5 Å². The topological polar surface area (TPSA) is 64.6 Å². The quantitative estimate of drug-likeness (QED) is 0.810. The molecule has 1 saturated heterocycles. The highest BCUT2D eigenvalue weighted by molar-refractivity contribution is 5.87. The second-order valence-corrected chi connectivity index (χ2v) is 5.43. The lowest BCUT2D eigenvalue weighted by Gasteiger charge is -2.31. The zero-order chi connectivity index (χ0) is 16.2. The molecule has 0 spiro atoms. The first-order valence-electron chi connectivity index (χ1n) is 7.57. The van der Waals surface area contributed by atoms with Crippen molar-refractivity contribution in [2.45, 2.75) is 18.9 Å². The number of piperidine rings is 1. The van der Waals surface area contributed by atoms with Gasteiger partial charge in [-0.2, -0.15) is 0 Å². The van der Waals surface area contributed by atoms with Crippen LogP contribution in [0.5, 0.6) is 11.5 Å². The number of ether oxygens (including phenoxy) is 2. The highest BCUT2D eigenvalue weighted by Gasteiger charge is 2.23. The fourth-order valence-corrected chi connectivity index (χ4v) is 2.74. The van der Waals surface area contributed by atoms with Crippen molar-refractivity contribution in [2.24, 2.45) is 0 Å². The first kappa shape index (κ1) is 15.3. The predicted octanol–water partition coefficient (Wildman–Crippen LogP) is 2.19. The molecule has 120 valence electrons. The monoisotopic (exact) mass is 313 g/mol. The maximum Gasteiger partial charge on any atom is 0.245 e. The van der Waals surface area contributed by atoms with E-state index in [1.54, 1.807) is 18.2 Å². The molecule has 1 aromatic heterocycles. The van der Waals surface area contributed by atoms with E-state index in [0.717, 1.165) is 23.7 Å². The standard InChI is InChI=1S/C17H19N3O3/c1-3-17(21)20-6-4-13(5-7-20)23-16-8-12-10-18-11-19-14(12)9-15(16)22-2/h3,8-11,13H,1,4-7H2,2H3. The fourth-order valence-electron chi connectivity index (χ4n) is 2.74. The summed E-state index contributed by atoms with van der Waals surface area (Å²) in [5.74, 6) is 1.31. The molecular weight excluding hydrogens is 294 g/mol. The third kappa shape index (κ3) is 3.26. The Hall–Kier alpha value is -2.63. The summed E-state index contributed by atoms with van der Waals surface area (Å²) in [5.41, 5.74) is 0.815. The van der Waals surface area contributed by atoms with E-state index < -0.39 is 0 Å². The largest absolute Gasteiger partial charge is 0.493 e. The molecular formula is C17H19N3O3. The Kier molecular flexibility index (Phi) is 4.41. The Bertz CT molecular complexity index is 724. The number of amides is 1. The third-order valence-electron chi connectivity index (χ3n) is 4.01. The Morgan fingerprint density at radius 2 is 2.13 bits per heavy atom. The Morgan fingerprint density at radius 1 is 1.35 bits per heavy atom. The van der Waals surface area contributed by atoms with Crippen LogP contribution in [0.15, 0.2) is 37.3 Å². The van der Waals surface area contributed by atoms with Crippen molar-refractivity contribution < 1.29 is 14.3 Å². The molecule has 0 bridgehead atoms. The summed E-state index contributed by atoms with van der Waals surface area (Å²) < 4.78 is 11.5. The first-order chi connectivity index (χ1) is 11.2. The first-order valence-corrected chi connectivity index (χ1v) is 7.57. The number of aromatic nitrogens is 2. The van der Waals surface area contributed by atoms with E-state index in [9.17, 15) is 4.79 Å². The van der Waals surface area contributed by atoms with E-state index in [-0.39, 0.29) is 12.0 Å². The molecule has 6 heteroatoms. The molecule has 2 aromatic rings. The van der Waals surface area contributed by atoms with Crippen molar-refractivity contribution in [3.05, 3.63) is 37.3 Å². The number of carbonyl (C=O) groups excluding carboxylic acids is 1. The SMILES string of the molecule is C=CC(=O)N1CCC(Oc2cc3cncnc3cc2OC)CC1. The summed E-state index contributed by atoms with van der Waals surface area (Å²) in [6.45, 7) is 4.87. The fraction of sp³-hybridized carbons (Fsp3) is 0.353. The van der Waals surface area contributed by atoms with Gasteiger partial charge in [0.05, 0.1) is 12.6 Å². The Balaban J connectivity index is 1.74. The number of nitrogens with zero attached hydrogens (tertiary/aromatic N) is 3. The van der Waals surface area contributed by atoms with Gasteiger partial charge in [0.25, 0.3) is 0 Å². The molecule has 0 N–H and O–H groups in total. The highest BCUT2D eigenvalue weighted by Crippen LogP contribution is 2.33. The van der Waals surface area contributed by atoms with Gasteiger partial charge in [0, 0.05) is 43.6 Å². The van der Waals surface area contributed by atoms with Gasteiger partial charge in [0.15, 0.2) is 11.5 Å². The van der Waals surface area contributed by atoms with Crippen molar-refractivity contribution in [3.63, 3.8) is 0 Å². The predicted molar refractivity (Wildman–Crippen MR) is 86.5 cm³/mol. The summed E-state index contributed by atoms with van der Waals surface area (Å²) in [4.78, 5) is 21.7. The summed E-state index contributed by atoms with van der Waals surface area (Å²) in [5, 5.41) is 0.905. The average molecular weight is 313 g/mol. The molecule has 1 aliphatic rings. The van der Waals surface area contributed by atoms with Crippen molar-refractivity contribution in [1.29, 1.82) is 0 Å². The van der Waals surface area contributed by atoms with Crippen LogP contribution in [-0.2, 0) is 4.79 Å². The van der Waals surface area contributed by atoms with Crippen molar-refractivity contribution in [2.75, 3.05) is 20.2 Å². The van der Waals surface area contributed by atoms with Crippen LogP contribution in [0.3, 0.4) is 0 Å². The number of carbonyl (C=O) groups is 1. The molecule has 1 aliphatic heterocycles. The van der Waals surface area contributed by atoms with Gasteiger partial charge in [-0.3, -0.25) is 4.79 Å². The van der Waals surface area contributed by atoms with E-state index in [4.69, 9.17) is 9.47 Å². The van der Waals surface area contributed by atoms with Crippen LogP contribution in [0.1, 0.15) is 12.8 Å². The second-order valence-electron chi connectivity index (χ2n) is 5.43. The number of methoxy groups -OCH3 is 1. The van der Waals surface area contributed by atoms with Crippen molar-refractivity contribution in [1.82, 2.24) is 14.9 Å². The minimum atomic E-state index is -0.0242. The van der Waals surface area contributed by atoms with Gasteiger partial charge in [-0.15, -0.1) is 0 Å². The zero-order valence-electron chi connectivity index (χ0n) is 13.1. The van der Waals surface area contributed by atoms with Crippen LogP contribution in [0.4, 0.5) is 0 Å². The summed E-state index contributed by atoms with van der Waals surface area (Å²) in [6, 6.07) is 3.75. The van der Waals surface area contributed by atoms with Gasteiger partial charge >= 0.3 is 0 Å². The second kappa shape index (κ2) is 6.64. The van der Waals surface area contributed by atoms with Gasteiger partial charge in [-0.1, -0.05) is 6.58 Å². The minimum absolute atomic E-state index is 0.0242. The minimum Gasteiger partial charge on any atom is -0.493 e. The lowest BCUT2D eigenvalue weighted by atomic mass is 10.1. The highest BCUT2D eigenvalue weighted by atomic mass is 16.5. The Morgan fingerprint density at radius 3 is 2.83 bits per heavy atom. The molecule has 6 nitrogen and oxygen atoms in total. The third-order valence-corrected chi connectivity index (χ3v) is 4.01. The maximum absolute atomic E-state index is 11.6. The van der Waals surface area contributed by atoms with Crippen LogP contribution in [0, 0.1) is 0 Å². The van der Waals surface area contributed by atoms with Gasteiger partial charge in [-0.25, -0.2) is 9.97 Å². The van der Waals surface area contributed by atoms with E-state index in [1.807, 2.05) is 12.1 Å². The molecule has 0 atom stereocenters. The molecule has 0 saturated carbocycles. The van der Waals surface area contributed by atoms with Crippen LogP contribution in [0.25, 0.3) is 10.9 Å². The molecule has 0 radical (unpaired) electrons. The Labute approximate surface area is 134 Å². The number of fused-ring (bicyclic) bond motifs is 1. The maximum atomic E-state index is 11.6. The smallest absolute Gasteiger partial charge is 0.245 e. The number of likely N-dealkylation sites (tertiary alicyclic amines) is 1. The molecule has 0 aliphatic carbocycles. The van der Waals surface area contributed by atoms with Gasteiger partial charge in [0.1, 0.15) is 12.4 Å². The number of rotatable bonds is 4. The van der Waals surface area contributed by atoms with Crippen LogP contribution in [0.2, 0.25) is 0 Å². The summed E-state index contributed by atoms with van der Waals surface area (Å²) in [6.07, 6.45) is 6.24. The van der Waals surface area contributed by atoms with E-state index in [0.29, 0.717) is 24.6 Å². The average Bonchev–Trinajstić information content (AvgIpc) is 2.61. The number of hydrogen-bond acceptors (Lipinski definition) is 5. The molecule has 2 heterocycles. The van der Waals surface area contributed by atoms with Gasteiger partial charge < -0.3 is 14.4 Å². The number of hydrogen-bond donors (Lipinski definition) is 0. The lowest BCUT2D eigenvalue weighted by Crippen LogP contribution is -2.41. The van der Waals surface area contributed by atoms with Crippen LogP contribution in [-0.4, -0.2) is 47.1 Å². The van der Waals surface area contributed by atoms with E-state index in [1.165, 1.54) is 12.4 Å². The molecule has 0 unspecified atom stereocenters. The summed E-state index contributed by atoms with van der Waals surface area (Å²) >= 11 is 0. The molecule has 3 rings (SSSR count). The molecule has 1 aromatic carbocycles. The van der Waals surface area contributed by atoms with Crippen LogP contribution >= 0.6 is 0 Å². The summed E-state index contributed by atoms with van der Waals surface area (Å²) in [7, 11) is 1.61. The molecule has 23 heavy (non-hydrogen) atoms. The number of benzene rings is 1. The molecule has 1 amide bonds. The van der Waals surface area contributed by atoms with Crippen LogP contribution < -0.4 is 9.47 Å². The van der Waals surface area contributed by atoms with Gasteiger partial charge in [0.2, 0.25) is 5.91 Å². The van der Waals surface area contributed by atoms with E-state index >= 15 is 0 Å². The zero-order valence-corrected chi connectivity index (χ0v) is 13.1. The lowest BCUT2D eigenvalue weighted by molar-refractivity contribution is -0.127. The van der Waals surface area contributed by atoms with Gasteiger partial charge in [-0.05, 0) is 12.1 Å². The van der Waals surface area contributed by atoms with Crippen molar-refractivity contribution >= 4 is 16.8 Å².